The van der Waals surface area contributed by atoms with Crippen molar-refractivity contribution in [1.29, 1.82) is 0 Å². The molecule has 158 valence electrons. The molecule has 1 amide bonds. The molecule has 0 radical (unpaired) electrons. The lowest BCUT2D eigenvalue weighted by Gasteiger charge is -2.11. The Morgan fingerprint density at radius 1 is 1.10 bits per heavy atom. The predicted molar refractivity (Wildman–Crippen MR) is 112 cm³/mol. The molecule has 2 aromatic heterocycles. The fourth-order valence-electron chi connectivity index (χ4n) is 3.11. The van der Waals surface area contributed by atoms with Gasteiger partial charge in [0.2, 0.25) is 0 Å². The van der Waals surface area contributed by atoms with Gasteiger partial charge in [0, 0.05) is 11.3 Å². The van der Waals surface area contributed by atoms with Gasteiger partial charge in [0.1, 0.15) is 5.02 Å². The molecule has 0 bridgehead atoms. The number of anilines is 1. The van der Waals surface area contributed by atoms with Crippen LogP contribution in [0.2, 0.25) is 5.02 Å². The van der Waals surface area contributed by atoms with Gasteiger partial charge in [0.05, 0.1) is 5.69 Å². The molecule has 0 atom stereocenters. The quantitative estimate of drug-likeness (QED) is 0.427. The van der Waals surface area contributed by atoms with E-state index in [1.807, 2.05) is 19.1 Å². The SMILES string of the molecule is CCc1ccc(NC(=O)c2nn3c(C(F)(F)F)cc(-c4ccccc4)nc3c2Cl)cc1. The lowest BCUT2D eigenvalue weighted by Crippen LogP contribution is -2.15. The third kappa shape index (κ3) is 4.11. The summed E-state index contributed by atoms with van der Waals surface area (Å²) in [6, 6.07) is 16.4. The van der Waals surface area contributed by atoms with Gasteiger partial charge < -0.3 is 5.32 Å². The largest absolute Gasteiger partial charge is 0.433 e. The minimum absolute atomic E-state index is 0.0735. The van der Waals surface area contributed by atoms with Crippen molar-refractivity contribution in [3.8, 4) is 11.3 Å². The van der Waals surface area contributed by atoms with Crippen LogP contribution in [0.4, 0.5) is 18.9 Å². The normalized spacial score (nSPS) is 11.6. The fraction of sp³-hybridized carbons (Fsp3) is 0.136. The number of carbonyl (C=O) groups excluding carboxylic acids is 1. The molecule has 0 aliphatic carbocycles. The Bertz CT molecular complexity index is 1250. The number of amides is 1. The molecule has 0 spiro atoms. The second-order valence-corrected chi connectivity index (χ2v) is 7.17. The second kappa shape index (κ2) is 8.03. The van der Waals surface area contributed by atoms with E-state index >= 15 is 0 Å². The van der Waals surface area contributed by atoms with Crippen molar-refractivity contribution in [3.05, 3.63) is 82.6 Å². The van der Waals surface area contributed by atoms with Crippen molar-refractivity contribution in [2.24, 2.45) is 0 Å². The van der Waals surface area contributed by atoms with Crippen molar-refractivity contribution < 1.29 is 18.0 Å². The van der Waals surface area contributed by atoms with E-state index in [4.69, 9.17) is 11.6 Å². The molecule has 0 fully saturated rings. The van der Waals surface area contributed by atoms with E-state index in [9.17, 15) is 18.0 Å². The summed E-state index contributed by atoms with van der Waals surface area (Å²) in [6.07, 6.45) is -3.90. The predicted octanol–water partition coefficient (Wildman–Crippen LogP) is 5.88. The minimum Gasteiger partial charge on any atom is -0.321 e. The maximum absolute atomic E-state index is 13.7. The second-order valence-electron chi connectivity index (χ2n) is 6.79. The lowest BCUT2D eigenvalue weighted by atomic mass is 10.1. The van der Waals surface area contributed by atoms with Gasteiger partial charge in [-0.15, -0.1) is 0 Å². The number of benzene rings is 2. The van der Waals surface area contributed by atoms with Crippen LogP contribution in [0, 0.1) is 0 Å². The summed E-state index contributed by atoms with van der Waals surface area (Å²) in [5.74, 6) is -0.728. The highest BCUT2D eigenvalue weighted by Gasteiger charge is 2.36. The number of hydrogen-bond acceptors (Lipinski definition) is 3. The average Bonchev–Trinajstić information content (AvgIpc) is 3.10. The van der Waals surface area contributed by atoms with Crippen molar-refractivity contribution in [3.63, 3.8) is 0 Å². The highest BCUT2D eigenvalue weighted by atomic mass is 35.5. The average molecular weight is 445 g/mol. The third-order valence-corrected chi connectivity index (χ3v) is 5.08. The summed E-state index contributed by atoms with van der Waals surface area (Å²) >= 11 is 6.27. The first kappa shape index (κ1) is 20.9. The maximum Gasteiger partial charge on any atom is 0.433 e. The molecule has 0 unspecified atom stereocenters. The molecule has 31 heavy (non-hydrogen) atoms. The Kier molecular flexibility index (Phi) is 5.41. The van der Waals surface area contributed by atoms with Crippen LogP contribution >= 0.6 is 11.6 Å². The van der Waals surface area contributed by atoms with Gasteiger partial charge in [0.15, 0.2) is 17.0 Å². The van der Waals surface area contributed by atoms with Gasteiger partial charge in [-0.25, -0.2) is 9.50 Å². The van der Waals surface area contributed by atoms with Crippen molar-refractivity contribution >= 4 is 28.8 Å². The molecule has 1 N–H and O–H groups in total. The maximum atomic E-state index is 13.7. The van der Waals surface area contributed by atoms with Gasteiger partial charge in [-0.3, -0.25) is 4.79 Å². The van der Waals surface area contributed by atoms with E-state index in [-0.39, 0.29) is 22.1 Å². The summed E-state index contributed by atoms with van der Waals surface area (Å²) in [7, 11) is 0. The highest BCUT2D eigenvalue weighted by Crippen LogP contribution is 2.34. The Hall–Kier alpha value is -3.39. The number of aromatic nitrogens is 3. The van der Waals surface area contributed by atoms with Gasteiger partial charge in [-0.05, 0) is 30.2 Å². The Balaban J connectivity index is 1.80. The van der Waals surface area contributed by atoms with Crippen molar-refractivity contribution in [2.45, 2.75) is 19.5 Å². The lowest BCUT2D eigenvalue weighted by molar-refractivity contribution is -0.142. The highest BCUT2D eigenvalue weighted by molar-refractivity contribution is 6.37. The minimum atomic E-state index is -4.73. The van der Waals surface area contributed by atoms with Gasteiger partial charge in [-0.1, -0.05) is 61.0 Å². The Morgan fingerprint density at radius 3 is 2.39 bits per heavy atom. The molecule has 2 aromatic carbocycles. The van der Waals surface area contributed by atoms with Crippen LogP contribution < -0.4 is 5.32 Å². The van der Waals surface area contributed by atoms with E-state index in [1.165, 1.54) is 0 Å². The first-order valence-electron chi connectivity index (χ1n) is 9.40. The summed E-state index contributed by atoms with van der Waals surface area (Å²) in [5.41, 5.74) is 0.440. The number of nitrogens with one attached hydrogen (secondary N) is 1. The smallest absolute Gasteiger partial charge is 0.321 e. The first-order chi connectivity index (χ1) is 14.8. The molecule has 4 aromatic rings. The number of rotatable bonds is 4. The van der Waals surface area contributed by atoms with E-state index in [0.717, 1.165) is 18.1 Å². The van der Waals surface area contributed by atoms with Gasteiger partial charge in [0.25, 0.3) is 5.91 Å². The standard InChI is InChI=1S/C22H16ClF3N4O/c1-2-13-8-10-15(11-9-13)27-21(31)19-18(23)20-28-16(14-6-4-3-5-7-14)12-17(22(24,25)26)30(20)29-19/h3-12H,2H2,1H3,(H,27,31). The molecule has 5 nitrogen and oxygen atoms in total. The van der Waals surface area contributed by atoms with E-state index in [2.05, 4.69) is 15.4 Å². The summed E-state index contributed by atoms with van der Waals surface area (Å²) in [6.45, 7) is 2.00. The number of alkyl halides is 3. The van der Waals surface area contributed by atoms with Crippen molar-refractivity contribution in [2.75, 3.05) is 5.32 Å². The molecule has 0 saturated heterocycles. The number of nitrogens with zero attached hydrogens (tertiary/aromatic N) is 3. The number of carbonyl (C=O) groups is 1. The molecule has 0 saturated carbocycles. The zero-order chi connectivity index (χ0) is 22.2. The summed E-state index contributed by atoms with van der Waals surface area (Å²) < 4.78 is 41.8. The van der Waals surface area contributed by atoms with E-state index in [1.54, 1.807) is 42.5 Å². The monoisotopic (exact) mass is 444 g/mol. The van der Waals surface area contributed by atoms with Crippen LogP contribution in [0.1, 0.15) is 28.7 Å². The molecule has 0 aliphatic rings. The molecular formula is C22H16ClF3N4O. The fourth-order valence-corrected chi connectivity index (χ4v) is 3.36. The first-order valence-corrected chi connectivity index (χ1v) is 9.78. The number of halogens is 4. The van der Waals surface area contributed by atoms with Crippen LogP contribution in [0.25, 0.3) is 16.9 Å². The van der Waals surface area contributed by atoms with Crippen LogP contribution in [-0.4, -0.2) is 20.5 Å². The van der Waals surface area contributed by atoms with E-state index in [0.29, 0.717) is 15.8 Å². The third-order valence-electron chi connectivity index (χ3n) is 4.73. The topological polar surface area (TPSA) is 59.3 Å². The van der Waals surface area contributed by atoms with Crippen LogP contribution in [0.15, 0.2) is 60.7 Å². The summed E-state index contributed by atoms with van der Waals surface area (Å²) in [4.78, 5) is 16.9. The van der Waals surface area contributed by atoms with Crippen LogP contribution in [0.5, 0.6) is 0 Å². The van der Waals surface area contributed by atoms with Crippen LogP contribution in [0.3, 0.4) is 0 Å². The van der Waals surface area contributed by atoms with E-state index < -0.39 is 17.8 Å². The van der Waals surface area contributed by atoms with Gasteiger partial charge >= 0.3 is 6.18 Å². The zero-order valence-corrected chi connectivity index (χ0v) is 17.0. The molecular weight excluding hydrogens is 429 g/mol. The Labute approximate surface area is 180 Å². The molecule has 0 aliphatic heterocycles. The Morgan fingerprint density at radius 2 is 1.77 bits per heavy atom. The number of fused-ring (bicyclic) bond motifs is 1. The van der Waals surface area contributed by atoms with Crippen molar-refractivity contribution in [1.82, 2.24) is 14.6 Å². The van der Waals surface area contributed by atoms with Crippen LogP contribution in [-0.2, 0) is 12.6 Å². The molecule has 4 rings (SSSR count). The summed E-state index contributed by atoms with van der Waals surface area (Å²) in [5, 5.41) is 6.18. The molecule has 9 heteroatoms. The molecule has 2 heterocycles. The number of hydrogen-bond donors (Lipinski definition) is 1. The zero-order valence-electron chi connectivity index (χ0n) is 16.2. The van der Waals surface area contributed by atoms with Gasteiger partial charge in [-0.2, -0.15) is 18.3 Å². The number of aryl methyl sites for hydroxylation is 1.